The highest BCUT2D eigenvalue weighted by molar-refractivity contribution is 7.91. The molecule has 3 N–H and O–H groups in total. The third-order valence-electron chi connectivity index (χ3n) is 12.2. The van der Waals surface area contributed by atoms with Crippen LogP contribution in [0.25, 0.3) is 10.9 Å². The van der Waals surface area contributed by atoms with E-state index in [0.29, 0.717) is 74.4 Å². The fraction of sp³-hybridized carbons (Fsp3) is 0.683. The largest absolute Gasteiger partial charge is 0.496 e. The van der Waals surface area contributed by atoms with E-state index >= 15 is 0 Å². The number of pyridine rings is 1. The Morgan fingerprint density at radius 2 is 1.79 bits per heavy atom. The lowest BCUT2D eigenvalue weighted by molar-refractivity contribution is -0.141. The van der Waals surface area contributed by atoms with Gasteiger partial charge in [0.1, 0.15) is 35.2 Å². The number of fused-ring (bicyclic) bond motifs is 4. The van der Waals surface area contributed by atoms with E-state index in [2.05, 4.69) is 15.4 Å². The van der Waals surface area contributed by atoms with Crippen molar-refractivity contribution in [2.45, 2.75) is 140 Å². The molecule has 312 valence electrons. The van der Waals surface area contributed by atoms with E-state index in [1.165, 1.54) is 4.90 Å². The number of hydrogen-bond acceptors (Lipinski definition) is 11. The standard InChI is InChI=1S/C41H57N5O10S/c1-5-54-35-21-34-29-18-25(33(53-4)20-31(29)42-35)12-11-17-40(2,3)24-55-39(50)43-30-14-10-8-6-7-9-13-26-22-41(26,38(49)45-57(51,52)28-15-16-28)44-36(47)32-19-27(56-34)23-46(32)37(30)48/h18,20-21,26-28,30,32H,5-17,19,22-24H2,1-4H3,(H,43,50)(H,44,47)(H,45,49)/t26-,27+,30-,32-,41+/m0/s1. The smallest absolute Gasteiger partial charge is 0.407 e. The summed E-state index contributed by atoms with van der Waals surface area (Å²) in [5.41, 5.74) is -0.249. The number of cyclic esters (lactones) is 1. The fourth-order valence-electron chi connectivity index (χ4n) is 8.66. The van der Waals surface area contributed by atoms with Crippen LogP contribution in [-0.2, 0) is 35.6 Å². The number of nitrogens with one attached hydrogen (secondary N) is 3. The number of carbonyl (C=O) groups excluding carboxylic acids is 4. The second-order valence-corrected chi connectivity index (χ2v) is 19.2. The van der Waals surface area contributed by atoms with Crippen molar-refractivity contribution in [3.8, 4) is 17.4 Å². The van der Waals surface area contributed by atoms with E-state index in [4.69, 9.17) is 23.9 Å². The van der Waals surface area contributed by atoms with Gasteiger partial charge < -0.3 is 34.5 Å². The van der Waals surface area contributed by atoms with Crippen LogP contribution < -0.4 is 29.6 Å². The first-order chi connectivity index (χ1) is 27.2. The molecule has 2 saturated heterocycles. The molecule has 5 aliphatic rings. The SMILES string of the molecule is CCOc1cc2c3cc(c(OC)cc3n1)CCCC(C)(C)COC(=O)N[C@H]1CCCCCCC[C@H]3C[C@@]3(C(=O)NS(=O)(=O)C3CC3)NC(=O)[C@@H]3C[C@H](CN3C1=O)O2. The van der Waals surface area contributed by atoms with Gasteiger partial charge in [-0.05, 0) is 81.3 Å². The van der Waals surface area contributed by atoms with Gasteiger partial charge in [-0.1, -0.05) is 46.0 Å². The summed E-state index contributed by atoms with van der Waals surface area (Å²) in [5, 5.41) is 5.90. The third-order valence-corrected chi connectivity index (χ3v) is 14.0. The molecule has 0 radical (unpaired) electrons. The maximum Gasteiger partial charge on any atom is 0.407 e. The van der Waals surface area contributed by atoms with E-state index in [1.54, 1.807) is 13.2 Å². The molecule has 0 spiro atoms. The summed E-state index contributed by atoms with van der Waals surface area (Å²) >= 11 is 0. The molecular weight excluding hydrogens is 755 g/mol. The Hall–Kier alpha value is -4.34. The number of hydrogen-bond donors (Lipinski definition) is 3. The number of amides is 4. The molecule has 7 rings (SSSR count). The van der Waals surface area contributed by atoms with Crippen molar-refractivity contribution in [1.82, 2.24) is 25.2 Å². The van der Waals surface area contributed by atoms with Crippen molar-refractivity contribution < 1.29 is 46.5 Å². The summed E-state index contributed by atoms with van der Waals surface area (Å²) in [6, 6.07) is 3.51. The lowest BCUT2D eigenvalue weighted by Gasteiger charge is -2.30. The Morgan fingerprint density at radius 3 is 2.53 bits per heavy atom. The van der Waals surface area contributed by atoms with Gasteiger partial charge in [0.25, 0.3) is 5.91 Å². The van der Waals surface area contributed by atoms with E-state index in [0.717, 1.165) is 49.5 Å². The minimum atomic E-state index is -3.88. The molecule has 4 heterocycles. The Morgan fingerprint density at radius 1 is 1.04 bits per heavy atom. The highest BCUT2D eigenvalue weighted by Crippen LogP contribution is 2.48. The molecule has 2 aromatic rings. The van der Waals surface area contributed by atoms with Crippen LogP contribution in [0.2, 0.25) is 0 Å². The van der Waals surface area contributed by atoms with Gasteiger partial charge in [-0.3, -0.25) is 19.1 Å². The van der Waals surface area contributed by atoms with Gasteiger partial charge in [0.15, 0.2) is 0 Å². The molecule has 5 bridgehead atoms. The van der Waals surface area contributed by atoms with Gasteiger partial charge in [0.05, 0.1) is 37.6 Å². The van der Waals surface area contributed by atoms with Crippen LogP contribution in [-0.4, -0.2) is 98.0 Å². The second-order valence-electron chi connectivity index (χ2n) is 17.2. The summed E-state index contributed by atoms with van der Waals surface area (Å²) in [4.78, 5) is 62.6. The molecule has 2 aliphatic carbocycles. The Labute approximate surface area is 334 Å². The average Bonchev–Trinajstić information content (AvgIpc) is 4.09. The fourth-order valence-corrected chi connectivity index (χ4v) is 10.0. The quantitative estimate of drug-likeness (QED) is 0.367. The van der Waals surface area contributed by atoms with Crippen molar-refractivity contribution >= 4 is 44.7 Å². The number of sulfonamides is 1. The monoisotopic (exact) mass is 811 g/mol. The van der Waals surface area contributed by atoms with E-state index in [9.17, 15) is 27.6 Å². The Balaban J connectivity index is 1.27. The maximum absolute atomic E-state index is 14.7. The number of carbonyl (C=O) groups is 4. The van der Waals surface area contributed by atoms with Gasteiger partial charge in [0.2, 0.25) is 27.7 Å². The zero-order valence-corrected chi connectivity index (χ0v) is 34.3. The molecule has 16 heteroatoms. The van der Waals surface area contributed by atoms with E-state index in [1.807, 2.05) is 32.9 Å². The molecule has 57 heavy (non-hydrogen) atoms. The number of nitrogens with zero attached hydrogens (tertiary/aromatic N) is 2. The topological polar surface area (TPSA) is 192 Å². The van der Waals surface area contributed by atoms with Crippen LogP contribution in [0, 0.1) is 11.3 Å². The molecule has 15 nitrogen and oxygen atoms in total. The number of rotatable bonds is 6. The van der Waals surface area contributed by atoms with Crippen molar-refractivity contribution in [2.24, 2.45) is 11.3 Å². The number of benzene rings is 1. The summed E-state index contributed by atoms with van der Waals surface area (Å²) in [6.07, 6.45) is 7.19. The van der Waals surface area contributed by atoms with Crippen molar-refractivity contribution in [3.63, 3.8) is 0 Å². The number of aryl methyl sites for hydroxylation is 1. The van der Waals surface area contributed by atoms with Gasteiger partial charge in [-0.2, -0.15) is 0 Å². The normalized spacial score (nSPS) is 28.6. The lowest BCUT2D eigenvalue weighted by atomic mass is 9.87. The minimum absolute atomic E-state index is 0.00661. The molecule has 0 unspecified atom stereocenters. The first kappa shape index (κ1) is 40.8. The highest BCUT2D eigenvalue weighted by Gasteiger charge is 2.62. The van der Waals surface area contributed by atoms with E-state index in [-0.39, 0.29) is 30.9 Å². The Bertz CT molecular complexity index is 1990. The predicted molar refractivity (Wildman–Crippen MR) is 210 cm³/mol. The first-order valence-corrected chi connectivity index (χ1v) is 22.2. The lowest BCUT2D eigenvalue weighted by Crippen LogP contribution is -2.58. The van der Waals surface area contributed by atoms with Gasteiger partial charge in [-0.15, -0.1) is 0 Å². The second kappa shape index (κ2) is 16.5. The van der Waals surface area contributed by atoms with Gasteiger partial charge >= 0.3 is 6.09 Å². The molecule has 3 aliphatic heterocycles. The summed E-state index contributed by atoms with van der Waals surface area (Å²) in [5.74, 6) is -0.548. The van der Waals surface area contributed by atoms with E-state index < -0.39 is 62.8 Å². The Kier molecular flexibility index (Phi) is 11.8. The molecule has 1 aromatic heterocycles. The molecule has 4 fully saturated rings. The number of ether oxygens (including phenoxy) is 4. The summed E-state index contributed by atoms with van der Waals surface area (Å²) in [6.45, 7) is 6.43. The zero-order chi connectivity index (χ0) is 40.5. The maximum atomic E-state index is 14.7. The summed E-state index contributed by atoms with van der Waals surface area (Å²) in [7, 11) is -2.26. The van der Waals surface area contributed by atoms with Gasteiger partial charge in [-0.25, -0.2) is 18.2 Å². The molecule has 4 amide bonds. The van der Waals surface area contributed by atoms with Crippen LogP contribution in [0.15, 0.2) is 18.2 Å². The third kappa shape index (κ3) is 9.20. The van der Waals surface area contributed by atoms with Crippen molar-refractivity contribution in [2.75, 3.05) is 26.9 Å². The molecule has 5 atom stereocenters. The minimum Gasteiger partial charge on any atom is -0.496 e. The van der Waals surface area contributed by atoms with Crippen LogP contribution in [0.3, 0.4) is 0 Å². The number of aromatic nitrogens is 1. The number of methoxy groups -OCH3 is 1. The number of alkyl carbamates (subject to hydrolysis) is 1. The zero-order valence-electron chi connectivity index (χ0n) is 33.5. The van der Waals surface area contributed by atoms with Gasteiger partial charge in [0, 0.05) is 23.9 Å². The van der Waals surface area contributed by atoms with Crippen molar-refractivity contribution in [3.05, 3.63) is 23.8 Å². The van der Waals surface area contributed by atoms with Crippen molar-refractivity contribution in [1.29, 1.82) is 0 Å². The molecule has 1 aromatic carbocycles. The summed E-state index contributed by atoms with van der Waals surface area (Å²) < 4.78 is 52.2. The average molecular weight is 812 g/mol. The highest BCUT2D eigenvalue weighted by atomic mass is 32.2. The van der Waals surface area contributed by atoms with Crippen LogP contribution in [0.4, 0.5) is 4.79 Å². The molecular formula is C41H57N5O10S. The first-order valence-electron chi connectivity index (χ1n) is 20.6. The predicted octanol–water partition coefficient (Wildman–Crippen LogP) is 4.68. The van der Waals surface area contributed by atoms with Crippen LogP contribution in [0.1, 0.15) is 110 Å². The molecule has 2 saturated carbocycles. The van der Waals surface area contributed by atoms with Crippen LogP contribution >= 0.6 is 0 Å². The van der Waals surface area contributed by atoms with Crippen LogP contribution in [0.5, 0.6) is 17.4 Å².